The number of carbonyl (C=O) groups is 1. The SMILES string of the molecule is Cc1ccccc1CS(=O)(=O)N1CCN(C(=O)OC(C)(C)C)CC1C. The lowest BCUT2D eigenvalue weighted by molar-refractivity contribution is 0.0143. The van der Waals surface area contributed by atoms with Gasteiger partial charge < -0.3 is 9.64 Å². The molecule has 0 saturated carbocycles. The van der Waals surface area contributed by atoms with Crippen molar-refractivity contribution in [3.05, 3.63) is 35.4 Å². The van der Waals surface area contributed by atoms with Crippen LogP contribution in [0.25, 0.3) is 0 Å². The number of benzene rings is 1. The first-order chi connectivity index (χ1) is 11.5. The first-order valence-electron chi connectivity index (χ1n) is 8.51. The monoisotopic (exact) mass is 368 g/mol. The van der Waals surface area contributed by atoms with Crippen LogP contribution in [0.4, 0.5) is 4.79 Å². The zero-order chi connectivity index (χ0) is 18.8. The lowest BCUT2D eigenvalue weighted by Gasteiger charge is -2.39. The van der Waals surface area contributed by atoms with Crippen LogP contribution in [0.15, 0.2) is 24.3 Å². The van der Waals surface area contributed by atoms with Crippen molar-refractivity contribution < 1.29 is 17.9 Å². The summed E-state index contributed by atoms with van der Waals surface area (Å²) < 4.78 is 32.5. The van der Waals surface area contributed by atoms with Gasteiger partial charge in [-0.15, -0.1) is 0 Å². The van der Waals surface area contributed by atoms with Crippen LogP contribution in [0.1, 0.15) is 38.8 Å². The van der Waals surface area contributed by atoms with Gasteiger partial charge in [-0.2, -0.15) is 4.31 Å². The van der Waals surface area contributed by atoms with Gasteiger partial charge in [-0.3, -0.25) is 0 Å². The van der Waals surface area contributed by atoms with Crippen molar-refractivity contribution in [3.63, 3.8) is 0 Å². The van der Waals surface area contributed by atoms with Crippen molar-refractivity contribution in [2.75, 3.05) is 19.6 Å². The van der Waals surface area contributed by atoms with Gasteiger partial charge in [0.25, 0.3) is 0 Å². The van der Waals surface area contributed by atoms with Gasteiger partial charge in [-0.25, -0.2) is 13.2 Å². The predicted molar refractivity (Wildman–Crippen MR) is 97.8 cm³/mol. The fraction of sp³-hybridized carbons (Fsp3) is 0.611. The molecule has 140 valence electrons. The van der Waals surface area contributed by atoms with E-state index in [9.17, 15) is 13.2 Å². The van der Waals surface area contributed by atoms with E-state index >= 15 is 0 Å². The molecule has 6 nitrogen and oxygen atoms in total. The molecule has 0 aromatic heterocycles. The van der Waals surface area contributed by atoms with Gasteiger partial charge in [0.1, 0.15) is 5.60 Å². The minimum Gasteiger partial charge on any atom is -0.444 e. The largest absolute Gasteiger partial charge is 0.444 e. The Kier molecular flexibility index (Phi) is 5.79. The molecule has 1 amide bonds. The van der Waals surface area contributed by atoms with Crippen LogP contribution < -0.4 is 0 Å². The summed E-state index contributed by atoms with van der Waals surface area (Å²) in [5, 5.41) is 0. The number of aryl methyl sites for hydroxylation is 1. The van der Waals surface area contributed by atoms with Crippen LogP contribution in [-0.2, 0) is 20.5 Å². The van der Waals surface area contributed by atoms with E-state index in [2.05, 4.69) is 0 Å². The van der Waals surface area contributed by atoms with E-state index < -0.39 is 21.7 Å². The molecule has 0 spiro atoms. The van der Waals surface area contributed by atoms with E-state index in [4.69, 9.17) is 4.74 Å². The number of piperazine rings is 1. The molecule has 2 rings (SSSR count). The molecule has 0 N–H and O–H groups in total. The highest BCUT2D eigenvalue weighted by atomic mass is 32.2. The highest BCUT2D eigenvalue weighted by Gasteiger charge is 2.35. The summed E-state index contributed by atoms with van der Waals surface area (Å²) in [6, 6.07) is 7.22. The third-order valence-electron chi connectivity index (χ3n) is 4.17. The third kappa shape index (κ3) is 5.19. The number of rotatable bonds is 3. The van der Waals surface area contributed by atoms with E-state index in [1.165, 1.54) is 4.31 Å². The summed E-state index contributed by atoms with van der Waals surface area (Å²) in [6.45, 7) is 10.1. The van der Waals surface area contributed by atoms with Gasteiger partial charge in [-0.05, 0) is 45.7 Å². The Labute approximate surface area is 150 Å². The Morgan fingerprint density at radius 2 is 1.88 bits per heavy atom. The molecule has 25 heavy (non-hydrogen) atoms. The van der Waals surface area contributed by atoms with Crippen molar-refractivity contribution >= 4 is 16.1 Å². The summed E-state index contributed by atoms with van der Waals surface area (Å²) in [5.41, 5.74) is 1.21. The fourth-order valence-corrected chi connectivity index (χ4v) is 4.76. The number of nitrogens with zero attached hydrogens (tertiary/aromatic N) is 2. The van der Waals surface area contributed by atoms with E-state index in [0.29, 0.717) is 13.1 Å². The van der Waals surface area contributed by atoms with E-state index in [-0.39, 0.29) is 18.3 Å². The molecule has 1 aliphatic heterocycles. The lowest BCUT2D eigenvalue weighted by atomic mass is 10.1. The molecule has 0 radical (unpaired) electrons. The highest BCUT2D eigenvalue weighted by molar-refractivity contribution is 7.88. The first kappa shape index (κ1) is 19.7. The van der Waals surface area contributed by atoms with Crippen LogP contribution in [0.5, 0.6) is 0 Å². The summed E-state index contributed by atoms with van der Waals surface area (Å²) in [6.07, 6.45) is -0.393. The second kappa shape index (κ2) is 7.33. The maximum Gasteiger partial charge on any atom is 0.410 e. The summed E-state index contributed by atoms with van der Waals surface area (Å²) in [4.78, 5) is 13.8. The molecule has 0 bridgehead atoms. The molecule has 0 aliphatic carbocycles. The van der Waals surface area contributed by atoms with E-state index in [1.807, 2.05) is 58.9 Å². The predicted octanol–water partition coefficient (Wildman–Crippen LogP) is 2.77. The Bertz CT molecular complexity index is 725. The fourth-order valence-electron chi connectivity index (χ4n) is 2.90. The van der Waals surface area contributed by atoms with Crippen molar-refractivity contribution in [1.82, 2.24) is 9.21 Å². The number of amides is 1. The van der Waals surface area contributed by atoms with Gasteiger partial charge in [-0.1, -0.05) is 24.3 Å². The molecule has 1 fully saturated rings. The Morgan fingerprint density at radius 1 is 1.24 bits per heavy atom. The molecular weight excluding hydrogens is 340 g/mol. The van der Waals surface area contributed by atoms with Gasteiger partial charge in [0.2, 0.25) is 10.0 Å². The standard InChI is InChI=1S/C18H28N2O4S/c1-14-8-6-7-9-16(14)13-25(22,23)20-11-10-19(12-15(20)2)17(21)24-18(3,4)5/h6-9,15H,10-13H2,1-5H3. The van der Waals surface area contributed by atoms with Crippen molar-refractivity contribution in [2.24, 2.45) is 0 Å². The highest BCUT2D eigenvalue weighted by Crippen LogP contribution is 2.21. The van der Waals surface area contributed by atoms with Crippen LogP contribution in [-0.4, -0.2) is 55.0 Å². The first-order valence-corrected chi connectivity index (χ1v) is 10.1. The molecule has 1 aromatic carbocycles. The molecule has 1 unspecified atom stereocenters. The molecule has 1 atom stereocenters. The molecule has 1 aromatic rings. The zero-order valence-corrected chi connectivity index (χ0v) is 16.5. The number of carbonyl (C=O) groups excluding carboxylic acids is 1. The maximum atomic E-state index is 12.8. The molecule has 7 heteroatoms. The minimum absolute atomic E-state index is 0.0174. The average molecular weight is 368 g/mol. The van der Waals surface area contributed by atoms with E-state index in [1.54, 1.807) is 4.90 Å². The second-order valence-electron chi connectivity index (χ2n) is 7.57. The molecule has 1 aliphatic rings. The van der Waals surface area contributed by atoms with Crippen LogP contribution >= 0.6 is 0 Å². The van der Waals surface area contributed by atoms with Gasteiger partial charge in [0.05, 0.1) is 5.75 Å². The Morgan fingerprint density at radius 3 is 2.44 bits per heavy atom. The van der Waals surface area contributed by atoms with Crippen LogP contribution in [0.2, 0.25) is 0 Å². The van der Waals surface area contributed by atoms with Gasteiger partial charge in [0.15, 0.2) is 0 Å². The Balaban J connectivity index is 2.05. The van der Waals surface area contributed by atoms with Crippen LogP contribution in [0, 0.1) is 6.92 Å². The third-order valence-corrected chi connectivity index (χ3v) is 6.11. The van der Waals surface area contributed by atoms with E-state index in [0.717, 1.165) is 11.1 Å². The zero-order valence-electron chi connectivity index (χ0n) is 15.7. The van der Waals surface area contributed by atoms with Crippen molar-refractivity contribution in [3.8, 4) is 0 Å². The van der Waals surface area contributed by atoms with Gasteiger partial charge in [0, 0.05) is 25.7 Å². The summed E-state index contributed by atoms with van der Waals surface area (Å²) >= 11 is 0. The number of ether oxygens (including phenoxy) is 1. The maximum absolute atomic E-state index is 12.8. The minimum atomic E-state index is -3.44. The number of sulfonamides is 1. The number of hydrogen-bond donors (Lipinski definition) is 0. The molecular formula is C18H28N2O4S. The van der Waals surface area contributed by atoms with Crippen LogP contribution in [0.3, 0.4) is 0 Å². The normalized spacial score (nSPS) is 19.7. The summed E-state index contributed by atoms with van der Waals surface area (Å²) in [5.74, 6) is -0.0174. The second-order valence-corrected chi connectivity index (χ2v) is 9.49. The lowest BCUT2D eigenvalue weighted by Crippen LogP contribution is -2.56. The van der Waals surface area contributed by atoms with Crippen molar-refractivity contribution in [2.45, 2.75) is 52.0 Å². The topological polar surface area (TPSA) is 66.9 Å². The van der Waals surface area contributed by atoms with Gasteiger partial charge >= 0.3 is 6.09 Å². The average Bonchev–Trinajstić information content (AvgIpc) is 2.47. The quantitative estimate of drug-likeness (QED) is 0.823. The number of hydrogen-bond acceptors (Lipinski definition) is 4. The Hall–Kier alpha value is -1.60. The molecule has 1 saturated heterocycles. The summed E-state index contributed by atoms with van der Waals surface area (Å²) in [7, 11) is -3.44. The molecule has 1 heterocycles. The van der Waals surface area contributed by atoms with Crippen molar-refractivity contribution in [1.29, 1.82) is 0 Å². The smallest absolute Gasteiger partial charge is 0.410 e.